The molecule has 0 nitrogen and oxygen atoms in total. The lowest BCUT2D eigenvalue weighted by atomic mass is 10.3. The van der Waals surface area contributed by atoms with Crippen molar-refractivity contribution in [1.29, 1.82) is 0 Å². The summed E-state index contributed by atoms with van der Waals surface area (Å²) in [7, 11) is 0.0733. The molecular formula is C9H10P+. The highest BCUT2D eigenvalue weighted by Gasteiger charge is 2.14. The van der Waals surface area contributed by atoms with E-state index in [9.17, 15) is 0 Å². The number of allylic oxidation sites excluding steroid dienone is 1. The number of hydrogen-bond donors (Lipinski definition) is 0. The molecule has 0 amide bonds. The van der Waals surface area contributed by atoms with Gasteiger partial charge in [-0.15, -0.1) is 0 Å². The minimum absolute atomic E-state index is 0.0733. The Hall–Kier alpha value is -0.610. The standard InChI is InChI=1S/C9H10P/c1-10-7-3-5-8-4-2-6-9(8)10/h2-5,7H,6H2,1H3/q+1. The monoisotopic (exact) mass is 149 g/mol. The van der Waals surface area contributed by atoms with Crippen LogP contribution in [-0.2, 0) is 13.1 Å². The third-order valence-corrected chi connectivity index (χ3v) is 3.86. The summed E-state index contributed by atoms with van der Waals surface area (Å²) in [6.45, 7) is 2.32. The quantitative estimate of drug-likeness (QED) is 0.531. The average Bonchev–Trinajstić information content (AvgIpc) is 2.36. The van der Waals surface area contributed by atoms with Gasteiger partial charge in [0.15, 0.2) is 0 Å². The first kappa shape index (κ1) is 6.12. The SMILES string of the molecule is C[p+]1cccc2c1CC=C2. The Kier molecular flexibility index (Phi) is 1.35. The fourth-order valence-corrected chi connectivity index (χ4v) is 2.85. The van der Waals surface area contributed by atoms with Crippen molar-refractivity contribution in [2.45, 2.75) is 6.42 Å². The first-order valence-corrected chi connectivity index (χ1v) is 5.38. The first-order valence-electron chi connectivity index (χ1n) is 3.52. The van der Waals surface area contributed by atoms with Gasteiger partial charge in [0.05, 0.1) is 0 Å². The van der Waals surface area contributed by atoms with E-state index in [1.807, 2.05) is 0 Å². The van der Waals surface area contributed by atoms with Crippen LogP contribution in [0.1, 0.15) is 10.9 Å². The third-order valence-electron chi connectivity index (χ3n) is 1.95. The second-order valence-corrected chi connectivity index (χ2v) is 4.69. The van der Waals surface area contributed by atoms with E-state index < -0.39 is 0 Å². The summed E-state index contributed by atoms with van der Waals surface area (Å²) in [4.78, 5) is 0. The van der Waals surface area contributed by atoms with Crippen LogP contribution in [0.15, 0.2) is 24.0 Å². The van der Waals surface area contributed by atoms with E-state index >= 15 is 0 Å². The first-order chi connectivity index (χ1) is 4.88. The van der Waals surface area contributed by atoms with Crippen LogP contribution in [0.4, 0.5) is 0 Å². The van der Waals surface area contributed by atoms with Crippen molar-refractivity contribution in [3.8, 4) is 0 Å². The molecule has 1 aliphatic rings. The lowest BCUT2D eigenvalue weighted by molar-refractivity contribution is 1.38. The van der Waals surface area contributed by atoms with E-state index in [0.717, 1.165) is 0 Å². The summed E-state index contributed by atoms with van der Waals surface area (Å²) >= 11 is 0. The van der Waals surface area contributed by atoms with Crippen LogP contribution in [0.3, 0.4) is 0 Å². The Balaban J connectivity index is 2.66. The summed E-state index contributed by atoms with van der Waals surface area (Å²) in [6, 6.07) is 4.39. The zero-order valence-corrected chi connectivity index (χ0v) is 6.94. The fourth-order valence-electron chi connectivity index (χ4n) is 1.38. The molecule has 0 aromatic carbocycles. The molecule has 1 aromatic rings. The molecule has 1 aliphatic carbocycles. The lowest BCUT2D eigenvalue weighted by Crippen LogP contribution is -1.75. The van der Waals surface area contributed by atoms with Gasteiger partial charge < -0.3 is 0 Å². The molecule has 10 heavy (non-hydrogen) atoms. The summed E-state index contributed by atoms with van der Waals surface area (Å²) in [5.41, 5.74) is 1.47. The van der Waals surface area contributed by atoms with Crippen LogP contribution in [0, 0.1) is 0 Å². The summed E-state index contributed by atoms with van der Waals surface area (Å²) in [5, 5.41) is 1.65. The van der Waals surface area contributed by atoms with E-state index in [1.165, 1.54) is 12.0 Å². The topological polar surface area (TPSA) is 0 Å². The molecule has 2 rings (SSSR count). The van der Waals surface area contributed by atoms with Crippen molar-refractivity contribution in [3.05, 3.63) is 34.9 Å². The smallest absolute Gasteiger partial charge is 0.0756 e. The van der Waals surface area contributed by atoms with E-state index in [1.54, 1.807) is 5.30 Å². The van der Waals surface area contributed by atoms with Gasteiger partial charge in [-0.1, -0.05) is 12.2 Å². The highest BCUT2D eigenvalue weighted by molar-refractivity contribution is 7.48. The Morgan fingerprint density at radius 2 is 2.40 bits per heavy atom. The van der Waals surface area contributed by atoms with Crippen LogP contribution in [0.2, 0.25) is 0 Å². The molecule has 0 radical (unpaired) electrons. The van der Waals surface area contributed by atoms with Gasteiger partial charge in [-0.25, -0.2) is 0 Å². The second-order valence-electron chi connectivity index (χ2n) is 2.63. The Bertz CT molecular complexity index is 287. The van der Waals surface area contributed by atoms with Gasteiger partial charge in [0, 0.05) is 12.0 Å². The Labute approximate surface area is 62.3 Å². The molecule has 0 fully saturated rings. The molecule has 0 aliphatic heterocycles. The van der Waals surface area contributed by atoms with Gasteiger partial charge >= 0.3 is 0 Å². The van der Waals surface area contributed by atoms with Crippen molar-refractivity contribution in [1.82, 2.24) is 0 Å². The molecular weight excluding hydrogens is 139 g/mol. The second kappa shape index (κ2) is 2.21. The molecule has 1 unspecified atom stereocenters. The number of hydrogen-bond acceptors (Lipinski definition) is 0. The van der Waals surface area contributed by atoms with Gasteiger partial charge in [0.1, 0.15) is 25.3 Å². The number of fused-ring (bicyclic) bond motifs is 1. The average molecular weight is 149 g/mol. The summed E-state index contributed by atoms with van der Waals surface area (Å²) in [5.74, 6) is 2.32. The van der Waals surface area contributed by atoms with E-state index in [0.29, 0.717) is 0 Å². The zero-order valence-electron chi connectivity index (χ0n) is 6.04. The van der Waals surface area contributed by atoms with E-state index in [4.69, 9.17) is 0 Å². The lowest BCUT2D eigenvalue weighted by Gasteiger charge is -1.90. The number of rotatable bonds is 0. The maximum Gasteiger partial charge on any atom is 0.136 e. The molecule has 1 heterocycles. The highest BCUT2D eigenvalue weighted by atomic mass is 31.1. The number of aryl methyl sites for hydroxylation is 1. The van der Waals surface area contributed by atoms with Gasteiger partial charge in [-0.2, -0.15) is 0 Å². The Morgan fingerprint density at radius 3 is 3.20 bits per heavy atom. The van der Waals surface area contributed by atoms with Crippen molar-refractivity contribution in [2.75, 3.05) is 0 Å². The predicted molar refractivity (Wildman–Crippen MR) is 47.3 cm³/mol. The summed E-state index contributed by atoms with van der Waals surface area (Å²) < 4.78 is 0. The van der Waals surface area contributed by atoms with Gasteiger partial charge in [0.25, 0.3) is 0 Å². The van der Waals surface area contributed by atoms with Crippen LogP contribution in [-0.4, -0.2) is 0 Å². The van der Waals surface area contributed by atoms with Crippen LogP contribution in [0.5, 0.6) is 0 Å². The minimum atomic E-state index is 0.0733. The van der Waals surface area contributed by atoms with Crippen molar-refractivity contribution in [3.63, 3.8) is 0 Å². The molecule has 0 saturated heterocycles. The Morgan fingerprint density at radius 1 is 1.50 bits per heavy atom. The molecule has 0 N–H and O–H groups in total. The van der Waals surface area contributed by atoms with E-state index in [2.05, 4.69) is 36.7 Å². The van der Waals surface area contributed by atoms with Crippen molar-refractivity contribution in [2.24, 2.45) is 6.66 Å². The van der Waals surface area contributed by atoms with Gasteiger partial charge in [-0.05, 0) is 12.1 Å². The normalized spacial score (nSPS) is 15.5. The van der Waals surface area contributed by atoms with Crippen LogP contribution < -0.4 is 0 Å². The molecule has 0 saturated carbocycles. The maximum absolute atomic E-state index is 2.32. The maximum atomic E-state index is 2.32. The minimum Gasteiger partial charge on any atom is -0.0756 e. The predicted octanol–water partition coefficient (Wildman–Crippen LogP) is 3.06. The molecule has 0 spiro atoms. The molecule has 0 bridgehead atoms. The van der Waals surface area contributed by atoms with Crippen molar-refractivity contribution < 1.29 is 0 Å². The summed E-state index contributed by atoms with van der Waals surface area (Å²) in [6.07, 6.45) is 5.68. The van der Waals surface area contributed by atoms with Gasteiger partial charge in [0.2, 0.25) is 0 Å². The van der Waals surface area contributed by atoms with Crippen LogP contribution >= 0.6 is 7.53 Å². The zero-order chi connectivity index (χ0) is 6.97. The third kappa shape index (κ3) is 0.803. The molecule has 1 heteroatoms. The molecule has 1 aromatic heterocycles. The van der Waals surface area contributed by atoms with Crippen LogP contribution in [0.25, 0.3) is 6.08 Å². The van der Waals surface area contributed by atoms with Crippen molar-refractivity contribution >= 4 is 13.6 Å². The fraction of sp³-hybridized carbons (Fsp3) is 0.222. The highest BCUT2D eigenvalue weighted by Crippen LogP contribution is 2.35. The van der Waals surface area contributed by atoms with E-state index in [-0.39, 0.29) is 7.53 Å². The largest absolute Gasteiger partial charge is 0.136 e. The molecule has 50 valence electrons. The van der Waals surface area contributed by atoms with Gasteiger partial charge in [-0.3, -0.25) is 0 Å². The molecule has 1 atom stereocenters.